The van der Waals surface area contributed by atoms with Crippen LogP contribution in [-0.2, 0) is 15.2 Å². The second-order valence-electron chi connectivity index (χ2n) is 4.90. The van der Waals surface area contributed by atoms with Crippen LogP contribution in [0.3, 0.4) is 0 Å². The minimum absolute atomic E-state index is 0.155. The molecule has 0 aliphatic carbocycles. The van der Waals surface area contributed by atoms with Gasteiger partial charge in [0.2, 0.25) is 0 Å². The average molecular weight is 292 g/mol. The van der Waals surface area contributed by atoms with Crippen LogP contribution in [0.4, 0.5) is 0 Å². The van der Waals surface area contributed by atoms with Gasteiger partial charge in [-0.05, 0) is 18.9 Å². The molecular formula is C14H16N2O5. The molecule has 1 aromatic heterocycles. The third-order valence-corrected chi connectivity index (χ3v) is 3.52. The quantitative estimate of drug-likeness (QED) is 0.529. The molecule has 1 unspecified atom stereocenters. The summed E-state index contributed by atoms with van der Waals surface area (Å²) < 4.78 is 0. The molecule has 6 N–H and O–H groups in total. The van der Waals surface area contributed by atoms with Crippen molar-refractivity contribution < 1.29 is 24.9 Å². The van der Waals surface area contributed by atoms with Crippen molar-refractivity contribution in [2.45, 2.75) is 24.5 Å². The Morgan fingerprint density at radius 3 is 2.57 bits per heavy atom. The van der Waals surface area contributed by atoms with Gasteiger partial charge in [0.1, 0.15) is 6.04 Å². The highest BCUT2D eigenvalue weighted by molar-refractivity contribution is 5.90. The Bertz CT molecular complexity index is 681. The number of nitrogens with one attached hydrogen (secondary N) is 1. The van der Waals surface area contributed by atoms with Crippen LogP contribution in [0.1, 0.15) is 18.4 Å². The fraction of sp³-hybridized carbons (Fsp3) is 0.286. The van der Waals surface area contributed by atoms with Gasteiger partial charge in [0.05, 0.1) is 0 Å². The number of carboxylic acids is 2. The van der Waals surface area contributed by atoms with E-state index in [9.17, 15) is 19.8 Å². The van der Waals surface area contributed by atoms with Gasteiger partial charge < -0.3 is 26.0 Å². The Kier molecular flexibility index (Phi) is 3.97. The highest BCUT2D eigenvalue weighted by Crippen LogP contribution is 2.33. The lowest BCUT2D eigenvalue weighted by atomic mass is 9.87. The highest BCUT2D eigenvalue weighted by atomic mass is 16.4. The lowest BCUT2D eigenvalue weighted by Crippen LogP contribution is -2.39. The van der Waals surface area contributed by atoms with Gasteiger partial charge in [-0.3, -0.25) is 4.79 Å². The molecule has 0 saturated carbocycles. The zero-order valence-corrected chi connectivity index (χ0v) is 11.1. The van der Waals surface area contributed by atoms with E-state index in [1.807, 2.05) is 0 Å². The molecule has 7 heteroatoms. The third kappa shape index (κ3) is 2.74. The Morgan fingerprint density at radius 1 is 1.29 bits per heavy atom. The predicted octanol–water partition coefficient (Wildman–Crippen LogP) is 0.632. The number of rotatable bonds is 6. The minimum atomic E-state index is -2.19. The maximum absolute atomic E-state index is 11.5. The molecular weight excluding hydrogens is 276 g/mol. The molecule has 0 fully saturated rings. The zero-order chi connectivity index (χ0) is 15.6. The topological polar surface area (TPSA) is 137 Å². The van der Waals surface area contributed by atoms with Gasteiger partial charge in [-0.25, -0.2) is 4.79 Å². The van der Waals surface area contributed by atoms with Gasteiger partial charge in [0.25, 0.3) is 0 Å². The molecule has 2 atom stereocenters. The number of aromatic amines is 1. The zero-order valence-electron chi connectivity index (χ0n) is 11.1. The highest BCUT2D eigenvalue weighted by Gasteiger charge is 2.40. The molecule has 2 aromatic rings. The summed E-state index contributed by atoms with van der Waals surface area (Å²) in [5.74, 6) is -2.67. The van der Waals surface area contributed by atoms with Crippen LogP contribution in [0.25, 0.3) is 10.9 Å². The summed E-state index contributed by atoms with van der Waals surface area (Å²) in [5, 5.41) is 29.2. The summed E-state index contributed by atoms with van der Waals surface area (Å²) in [6.07, 6.45) is 0.973. The van der Waals surface area contributed by atoms with Crippen molar-refractivity contribution in [3.05, 3.63) is 36.0 Å². The standard InChI is InChI=1S/C14H16N2O5/c15-10(12(17)18)5-6-14(21,13(19)20)9-7-16-11-4-2-1-3-8(9)11/h1-4,7,10,16,21H,5-6,15H2,(H,17,18)(H,19,20)/t10-,14?/m1/s1. The number of nitrogens with two attached hydrogens (primary N) is 1. The first-order valence-corrected chi connectivity index (χ1v) is 6.37. The number of carbonyl (C=O) groups is 2. The number of H-pyrrole nitrogens is 1. The van der Waals surface area contributed by atoms with Crippen LogP contribution in [0.2, 0.25) is 0 Å². The van der Waals surface area contributed by atoms with E-state index in [1.54, 1.807) is 24.3 Å². The van der Waals surface area contributed by atoms with Crippen molar-refractivity contribution in [2.75, 3.05) is 0 Å². The van der Waals surface area contributed by atoms with Crippen LogP contribution in [0.5, 0.6) is 0 Å². The number of aliphatic carboxylic acids is 2. The molecule has 0 radical (unpaired) electrons. The molecule has 0 aliphatic heterocycles. The number of aromatic nitrogens is 1. The summed E-state index contributed by atoms with van der Waals surface area (Å²) >= 11 is 0. The SMILES string of the molecule is N[C@H](CCC(O)(C(=O)O)c1c[nH]c2ccccc12)C(=O)O. The molecule has 2 rings (SSSR count). The van der Waals surface area contributed by atoms with E-state index in [1.165, 1.54) is 6.20 Å². The van der Waals surface area contributed by atoms with Crippen LogP contribution in [-0.4, -0.2) is 38.3 Å². The predicted molar refractivity (Wildman–Crippen MR) is 74.7 cm³/mol. The maximum Gasteiger partial charge on any atom is 0.340 e. The molecule has 7 nitrogen and oxygen atoms in total. The molecule has 1 aromatic carbocycles. The number of fused-ring (bicyclic) bond motifs is 1. The summed E-state index contributed by atoms with van der Waals surface area (Å²) in [5.41, 5.74) is 4.08. The lowest BCUT2D eigenvalue weighted by Gasteiger charge is -2.24. The van der Waals surface area contributed by atoms with Crippen LogP contribution >= 0.6 is 0 Å². The monoisotopic (exact) mass is 292 g/mol. The fourth-order valence-corrected chi connectivity index (χ4v) is 2.26. The molecule has 0 aliphatic rings. The summed E-state index contributed by atoms with van der Waals surface area (Å²) in [4.78, 5) is 25.1. The van der Waals surface area contributed by atoms with Gasteiger partial charge >= 0.3 is 11.9 Å². The van der Waals surface area contributed by atoms with Crippen molar-refractivity contribution in [1.29, 1.82) is 0 Å². The number of para-hydroxylation sites is 1. The van der Waals surface area contributed by atoms with Gasteiger partial charge in [0.15, 0.2) is 5.60 Å². The number of hydrogen-bond acceptors (Lipinski definition) is 4. The Morgan fingerprint density at radius 2 is 1.95 bits per heavy atom. The maximum atomic E-state index is 11.5. The average Bonchev–Trinajstić information content (AvgIpc) is 2.88. The second kappa shape index (κ2) is 5.55. The smallest absolute Gasteiger partial charge is 0.340 e. The number of carboxylic acid groups (broad SMARTS) is 2. The molecule has 1 heterocycles. The summed E-state index contributed by atoms with van der Waals surface area (Å²) in [6, 6.07) is 5.73. The van der Waals surface area contributed by atoms with Crippen molar-refractivity contribution in [2.24, 2.45) is 5.73 Å². The second-order valence-corrected chi connectivity index (χ2v) is 4.90. The van der Waals surface area contributed by atoms with Crippen LogP contribution < -0.4 is 5.73 Å². The first kappa shape index (κ1) is 15.0. The Balaban J connectivity index is 2.38. The van der Waals surface area contributed by atoms with Crippen molar-refractivity contribution in [3.8, 4) is 0 Å². The van der Waals surface area contributed by atoms with E-state index < -0.39 is 23.6 Å². The lowest BCUT2D eigenvalue weighted by molar-refractivity contribution is -0.161. The van der Waals surface area contributed by atoms with E-state index in [0.29, 0.717) is 10.9 Å². The molecule has 112 valence electrons. The van der Waals surface area contributed by atoms with Crippen molar-refractivity contribution >= 4 is 22.8 Å². The van der Waals surface area contributed by atoms with Crippen molar-refractivity contribution in [1.82, 2.24) is 4.98 Å². The van der Waals surface area contributed by atoms with E-state index in [4.69, 9.17) is 10.8 Å². The number of hydrogen-bond donors (Lipinski definition) is 5. The van der Waals surface area contributed by atoms with Gasteiger partial charge in [0, 0.05) is 22.7 Å². The van der Waals surface area contributed by atoms with E-state index >= 15 is 0 Å². The first-order valence-electron chi connectivity index (χ1n) is 6.37. The van der Waals surface area contributed by atoms with E-state index in [0.717, 1.165) is 0 Å². The van der Waals surface area contributed by atoms with Crippen LogP contribution in [0, 0.1) is 0 Å². The fourth-order valence-electron chi connectivity index (χ4n) is 2.26. The third-order valence-electron chi connectivity index (χ3n) is 3.52. The molecule has 0 amide bonds. The van der Waals surface area contributed by atoms with Gasteiger partial charge in [-0.15, -0.1) is 0 Å². The minimum Gasteiger partial charge on any atom is -0.480 e. The summed E-state index contributed by atoms with van der Waals surface area (Å²) in [6.45, 7) is 0. The van der Waals surface area contributed by atoms with E-state index in [-0.39, 0.29) is 18.4 Å². The molecule has 21 heavy (non-hydrogen) atoms. The Labute approximate surface area is 120 Å². The summed E-state index contributed by atoms with van der Waals surface area (Å²) in [7, 11) is 0. The van der Waals surface area contributed by atoms with Crippen molar-refractivity contribution in [3.63, 3.8) is 0 Å². The van der Waals surface area contributed by atoms with E-state index in [2.05, 4.69) is 4.98 Å². The van der Waals surface area contributed by atoms with Gasteiger partial charge in [-0.2, -0.15) is 0 Å². The molecule has 0 saturated heterocycles. The van der Waals surface area contributed by atoms with Crippen LogP contribution in [0.15, 0.2) is 30.5 Å². The molecule has 0 bridgehead atoms. The number of benzene rings is 1. The molecule has 0 spiro atoms. The Hall–Kier alpha value is -2.38. The number of aliphatic hydroxyl groups is 1. The normalized spacial score (nSPS) is 15.5. The largest absolute Gasteiger partial charge is 0.480 e. The van der Waals surface area contributed by atoms with Gasteiger partial charge in [-0.1, -0.05) is 18.2 Å². The first-order chi connectivity index (χ1) is 9.86.